The van der Waals surface area contributed by atoms with Crippen LogP contribution in [0.2, 0.25) is 0 Å². The number of benzene rings is 1. The molecule has 0 unspecified atom stereocenters. The van der Waals surface area contributed by atoms with Crippen molar-refractivity contribution < 1.29 is 4.92 Å². The van der Waals surface area contributed by atoms with Gasteiger partial charge in [-0.1, -0.05) is 6.07 Å². The molecule has 0 spiro atoms. The van der Waals surface area contributed by atoms with Crippen LogP contribution in [0.25, 0.3) is 0 Å². The molecule has 1 N–H and O–H groups in total. The predicted octanol–water partition coefficient (Wildman–Crippen LogP) is 2.28. The molecular weight excluding hydrogens is 258 g/mol. The van der Waals surface area contributed by atoms with Gasteiger partial charge in [0.1, 0.15) is 17.3 Å². The van der Waals surface area contributed by atoms with E-state index in [0.717, 1.165) is 11.4 Å². The molecule has 2 rings (SSSR count). The summed E-state index contributed by atoms with van der Waals surface area (Å²) in [5.41, 5.74) is 1.44. The average molecular weight is 275 g/mol. The Hall–Kier alpha value is -2.44. The van der Waals surface area contributed by atoms with Crippen LogP contribution in [0.5, 0.6) is 0 Å². The molecule has 0 radical (unpaired) electrons. The molecule has 7 nitrogen and oxygen atoms in total. The zero-order valence-corrected chi connectivity index (χ0v) is 11.8. The number of aromatic nitrogens is 3. The van der Waals surface area contributed by atoms with Crippen LogP contribution >= 0.6 is 0 Å². The lowest BCUT2D eigenvalue weighted by Crippen LogP contribution is -2.06. The highest BCUT2D eigenvalue weighted by molar-refractivity contribution is 5.62. The molecule has 2 aromatic rings. The summed E-state index contributed by atoms with van der Waals surface area (Å²) in [6.07, 6.45) is 0. The number of nitrogens with zero attached hydrogens (tertiary/aromatic N) is 4. The van der Waals surface area contributed by atoms with Crippen molar-refractivity contribution in [1.82, 2.24) is 14.8 Å². The van der Waals surface area contributed by atoms with Gasteiger partial charge in [0, 0.05) is 12.6 Å². The van der Waals surface area contributed by atoms with Gasteiger partial charge in [0.15, 0.2) is 0 Å². The number of anilines is 1. The number of aryl methyl sites for hydroxylation is 2. The van der Waals surface area contributed by atoms with Crippen LogP contribution in [0.3, 0.4) is 0 Å². The molecule has 0 aliphatic heterocycles. The SMILES string of the molecule is CCNc1ccc(Cn2nc(C)nc2C)cc1[N+](=O)[O-]. The fraction of sp³-hybridized carbons (Fsp3) is 0.385. The highest BCUT2D eigenvalue weighted by Crippen LogP contribution is 2.25. The fourth-order valence-corrected chi connectivity index (χ4v) is 2.05. The number of hydrogen-bond acceptors (Lipinski definition) is 5. The fourth-order valence-electron chi connectivity index (χ4n) is 2.05. The number of nitro benzene ring substituents is 1. The summed E-state index contributed by atoms with van der Waals surface area (Å²) in [4.78, 5) is 14.9. The van der Waals surface area contributed by atoms with Crippen molar-refractivity contribution in [1.29, 1.82) is 0 Å². The summed E-state index contributed by atoms with van der Waals surface area (Å²) >= 11 is 0. The molecule has 0 saturated carbocycles. The van der Waals surface area contributed by atoms with E-state index in [2.05, 4.69) is 15.4 Å². The van der Waals surface area contributed by atoms with Crippen LogP contribution in [0.1, 0.15) is 24.1 Å². The third-order valence-corrected chi connectivity index (χ3v) is 2.92. The Bertz CT molecular complexity index is 636. The zero-order chi connectivity index (χ0) is 14.7. The Kier molecular flexibility index (Phi) is 3.97. The molecule has 7 heteroatoms. The second-order valence-corrected chi connectivity index (χ2v) is 4.50. The standard InChI is InChI=1S/C13H17N5O2/c1-4-14-12-6-5-11(7-13(12)18(19)20)8-17-10(3)15-9(2)16-17/h5-7,14H,4,8H2,1-3H3. The van der Waals surface area contributed by atoms with Gasteiger partial charge in [-0.05, 0) is 32.4 Å². The molecular formula is C13H17N5O2. The van der Waals surface area contributed by atoms with E-state index in [0.29, 0.717) is 24.6 Å². The highest BCUT2D eigenvalue weighted by atomic mass is 16.6. The maximum absolute atomic E-state index is 11.1. The maximum Gasteiger partial charge on any atom is 0.292 e. The van der Waals surface area contributed by atoms with Gasteiger partial charge in [-0.15, -0.1) is 0 Å². The van der Waals surface area contributed by atoms with Gasteiger partial charge in [-0.3, -0.25) is 10.1 Å². The van der Waals surface area contributed by atoms with Crippen LogP contribution in [0, 0.1) is 24.0 Å². The van der Waals surface area contributed by atoms with Crippen molar-refractivity contribution in [2.45, 2.75) is 27.3 Å². The summed E-state index contributed by atoms with van der Waals surface area (Å²) in [5.74, 6) is 1.49. The Balaban J connectivity index is 2.31. The van der Waals surface area contributed by atoms with Gasteiger partial charge in [-0.2, -0.15) is 5.10 Å². The summed E-state index contributed by atoms with van der Waals surface area (Å²) < 4.78 is 1.74. The van der Waals surface area contributed by atoms with E-state index in [-0.39, 0.29) is 10.6 Å². The minimum atomic E-state index is -0.374. The maximum atomic E-state index is 11.1. The molecule has 0 atom stereocenters. The lowest BCUT2D eigenvalue weighted by Gasteiger charge is -2.07. The van der Waals surface area contributed by atoms with Gasteiger partial charge < -0.3 is 5.32 Å². The third kappa shape index (κ3) is 2.93. The number of hydrogen-bond donors (Lipinski definition) is 1. The molecule has 0 aliphatic rings. The van der Waals surface area contributed by atoms with E-state index in [1.165, 1.54) is 0 Å². The second kappa shape index (κ2) is 5.68. The smallest absolute Gasteiger partial charge is 0.292 e. The molecule has 1 aromatic carbocycles. The lowest BCUT2D eigenvalue weighted by molar-refractivity contribution is -0.384. The minimum absolute atomic E-state index is 0.0823. The molecule has 1 aromatic heterocycles. The zero-order valence-electron chi connectivity index (χ0n) is 11.8. The van der Waals surface area contributed by atoms with Crippen molar-refractivity contribution in [2.75, 3.05) is 11.9 Å². The van der Waals surface area contributed by atoms with Crippen LogP contribution in [0.15, 0.2) is 18.2 Å². The first-order valence-electron chi connectivity index (χ1n) is 6.40. The van der Waals surface area contributed by atoms with E-state index >= 15 is 0 Å². The van der Waals surface area contributed by atoms with E-state index < -0.39 is 0 Å². The Morgan fingerprint density at radius 3 is 2.70 bits per heavy atom. The van der Waals surface area contributed by atoms with E-state index in [4.69, 9.17) is 0 Å². The number of rotatable bonds is 5. The van der Waals surface area contributed by atoms with Crippen molar-refractivity contribution in [2.24, 2.45) is 0 Å². The first kappa shape index (κ1) is 14.0. The Morgan fingerprint density at radius 1 is 1.40 bits per heavy atom. The van der Waals surface area contributed by atoms with Gasteiger partial charge in [-0.25, -0.2) is 9.67 Å². The molecule has 0 amide bonds. The molecule has 20 heavy (non-hydrogen) atoms. The first-order chi connectivity index (χ1) is 9.51. The van der Waals surface area contributed by atoms with Crippen LogP contribution in [-0.4, -0.2) is 26.2 Å². The molecule has 0 bridgehead atoms. The summed E-state index contributed by atoms with van der Waals surface area (Å²) in [5, 5.41) is 18.3. The molecule has 0 saturated heterocycles. The van der Waals surface area contributed by atoms with Crippen LogP contribution < -0.4 is 5.32 Å². The van der Waals surface area contributed by atoms with Crippen molar-refractivity contribution in [3.8, 4) is 0 Å². The monoisotopic (exact) mass is 275 g/mol. The van der Waals surface area contributed by atoms with E-state index in [1.807, 2.05) is 26.8 Å². The molecule has 0 aliphatic carbocycles. The summed E-state index contributed by atoms with van der Waals surface area (Å²) in [6.45, 7) is 6.70. The van der Waals surface area contributed by atoms with Crippen molar-refractivity contribution in [3.05, 3.63) is 45.5 Å². The Morgan fingerprint density at radius 2 is 2.15 bits per heavy atom. The minimum Gasteiger partial charge on any atom is -0.380 e. The first-order valence-corrected chi connectivity index (χ1v) is 6.40. The highest BCUT2D eigenvalue weighted by Gasteiger charge is 2.14. The van der Waals surface area contributed by atoms with Gasteiger partial charge in [0.25, 0.3) is 5.69 Å². The average Bonchev–Trinajstić information content (AvgIpc) is 2.69. The van der Waals surface area contributed by atoms with Gasteiger partial charge in [0.05, 0.1) is 11.5 Å². The number of nitro groups is 1. The normalized spacial score (nSPS) is 10.6. The molecule has 106 valence electrons. The van der Waals surface area contributed by atoms with E-state index in [1.54, 1.807) is 16.8 Å². The summed E-state index contributed by atoms with van der Waals surface area (Å²) in [7, 11) is 0. The lowest BCUT2D eigenvalue weighted by atomic mass is 10.1. The topological polar surface area (TPSA) is 85.9 Å². The second-order valence-electron chi connectivity index (χ2n) is 4.50. The van der Waals surface area contributed by atoms with Crippen molar-refractivity contribution in [3.63, 3.8) is 0 Å². The van der Waals surface area contributed by atoms with Gasteiger partial charge >= 0.3 is 0 Å². The number of nitrogens with one attached hydrogen (secondary N) is 1. The van der Waals surface area contributed by atoms with Gasteiger partial charge in [0.2, 0.25) is 0 Å². The van der Waals surface area contributed by atoms with Crippen LogP contribution in [0.4, 0.5) is 11.4 Å². The largest absolute Gasteiger partial charge is 0.380 e. The molecule has 1 heterocycles. The quantitative estimate of drug-likeness (QED) is 0.668. The van der Waals surface area contributed by atoms with Crippen LogP contribution in [-0.2, 0) is 6.54 Å². The molecule has 0 fully saturated rings. The third-order valence-electron chi connectivity index (χ3n) is 2.92. The summed E-state index contributed by atoms with van der Waals surface area (Å²) in [6, 6.07) is 5.17. The Labute approximate surface area is 116 Å². The van der Waals surface area contributed by atoms with E-state index in [9.17, 15) is 10.1 Å². The van der Waals surface area contributed by atoms with Crippen molar-refractivity contribution >= 4 is 11.4 Å². The predicted molar refractivity (Wildman–Crippen MR) is 75.9 cm³/mol.